The molecule has 154 valence electrons. The number of carbonyl (C=O) groups excluding carboxylic acids is 1. The Bertz CT molecular complexity index is 1030. The lowest BCUT2D eigenvalue weighted by molar-refractivity contribution is -0.125. The van der Waals surface area contributed by atoms with Gasteiger partial charge in [0.2, 0.25) is 5.91 Å². The third-order valence-corrected chi connectivity index (χ3v) is 5.59. The molecule has 0 aliphatic heterocycles. The first kappa shape index (κ1) is 20.8. The van der Waals surface area contributed by atoms with Crippen LogP contribution in [0.5, 0.6) is 0 Å². The predicted molar refractivity (Wildman–Crippen MR) is 110 cm³/mol. The first-order chi connectivity index (χ1) is 13.7. The molecule has 2 aromatic heterocycles. The zero-order chi connectivity index (χ0) is 21.3. The van der Waals surface area contributed by atoms with E-state index in [0.29, 0.717) is 13.1 Å². The number of carbonyl (C=O) groups is 1. The number of benzene rings is 1. The maximum absolute atomic E-state index is 13.2. The van der Waals surface area contributed by atoms with Crippen molar-refractivity contribution >= 4 is 5.91 Å². The molecule has 1 amide bonds. The fraction of sp³-hybridized carbons (Fsp3) is 0.409. The molecule has 0 spiro atoms. The van der Waals surface area contributed by atoms with E-state index < -0.39 is 0 Å². The normalized spacial score (nSPS) is 12.2. The van der Waals surface area contributed by atoms with Gasteiger partial charge in [-0.15, -0.1) is 0 Å². The van der Waals surface area contributed by atoms with E-state index in [1.165, 1.54) is 12.1 Å². The third-order valence-electron chi connectivity index (χ3n) is 5.59. The monoisotopic (exact) mass is 397 g/mol. The molecule has 0 aliphatic rings. The molecule has 1 N–H and O–H groups in total. The van der Waals surface area contributed by atoms with E-state index in [-0.39, 0.29) is 17.6 Å². The largest absolute Gasteiger partial charge is 0.352 e. The molecular weight excluding hydrogens is 369 g/mol. The van der Waals surface area contributed by atoms with E-state index in [1.807, 2.05) is 46.2 Å². The maximum atomic E-state index is 13.2. The minimum Gasteiger partial charge on any atom is -0.352 e. The summed E-state index contributed by atoms with van der Waals surface area (Å²) in [5.41, 5.74) is 6.78. The Balaban J connectivity index is 1.68. The molecule has 29 heavy (non-hydrogen) atoms. The second-order valence-electron chi connectivity index (χ2n) is 7.63. The molecule has 2 heterocycles. The Kier molecular flexibility index (Phi) is 5.86. The molecular formula is C22H28FN5O. The van der Waals surface area contributed by atoms with Gasteiger partial charge < -0.3 is 5.32 Å². The highest BCUT2D eigenvalue weighted by atomic mass is 19.1. The molecule has 6 nitrogen and oxygen atoms in total. The third kappa shape index (κ3) is 4.23. The lowest BCUT2D eigenvalue weighted by Gasteiger charge is -2.14. The van der Waals surface area contributed by atoms with Crippen LogP contribution in [0.1, 0.15) is 40.8 Å². The number of aromatic nitrogens is 4. The highest BCUT2D eigenvalue weighted by Crippen LogP contribution is 2.19. The van der Waals surface area contributed by atoms with E-state index in [0.717, 1.165) is 39.6 Å². The first-order valence-electron chi connectivity index (χ1n) is 9.78. The van der Waals surface area contributed by atoms with Crippen molar-refractivity contribution in [2.24, 2.45) is 5.92 Å². The van der Waals surface area contributed by atoms with E-state index in [9.17, 15) is 9.18 Å². The van der Waals surface area contributed by atoms with Crippen LogP contribution in [0.3, 0.4) is 0 Å². The number of hydrogen-bond acceptors (Lipinski definition) is 3. The van der Waals surface area contributed by atoms with Gasteiger partial charge in [0.05, 0.1) is 29.5 Å². The van der Waals surface area contributed by atoms with Crippen LogP contribution in [0.15, 0.2) is 24.3 Å². The summed E-state index contributed by atoms with van der Waals surface area (Å²) in [5.74, 6) is -0.516. The van der Waals surface area contributed by atoms with Crippen molar-refractivity contribution in [2.45, 2.75) is 54.6 Å². The Morgan fingerprint density at radius 2 is 1.69 bits per heavy atom. The van der Waals surface area contributed by atoms with Crippen molar-refractivity contribution in [3.8, 4) is 5.69 Å². The SMILES string of the molecule is Cc1nn(CC(C)C(=O)NCc2c(C)nn(-c3ccc(F)cc3)c2C)c(C)c1C. The van der Waals surface area contributed by atoms with E-state index in [4.69, 9.17) is 0 Å². The van der Waals surface area contributed by atoms with Crippen molar-refractivity contribution in [1.82, 2.24) is 24.9 Å². The summed E-state index contributed by atoms with van der Waals surface area (Å²) < 4.78 is 16.9. The van der Waals surface area contributed by atoms with Crippen LogP contribution in [-0.4, -0.2) is 25.5 Å². The van der Waals surface area contributed by atoms with Crippen molar-refractivity contribution in [3.63, 3.8) is 0 Å². The Morgan fingerprint density at radius 1 is 1.03 bits per heavy atom. The zero-order valence-corrected chi connectivity index (χ0v) is 17.9. The Hall–Kier alpha value is -2.96. The van der Waals surface area contributed by atoms with Crippen molar-refractivity contribution in [2.75, 3.05) is 0 Å². The van der Waals surface area contributed by atoms with Crippen molar-refractivity contribution in [3.05, 3.63) is 64.0 Å². The molecule has 7 heteroatoms. The van der Waals surface area contributed by atoms with Crippen LogP contribution in [0.2, 0.25) is 0 Å². The first-order valence-corrected chi connectivity index (χ1v) is 9.78. The van der Waals surface area contributed by atoms with E-state index in [1.54, 1.807) is 16.8 Å². The van der Waals surface area contributed by atoms with Crippen LogP contribution < -0.4 is 5.32 Å². The topological polar surface area (TPSA) is 64.7 Å². The Labute approximate surface area is 170 Å². The standard InChI is InChI=1S/C22H28FN5O/c1-13(12-27-17(5)14(2)15(3)25-27)22(29)24-11-21-16(4)26-28(18(21)6)20-9-7-19(23)8-10-20/h7-10,13H,11-12H2,1-6H3,(H,24,29). The lowest BCUT2D eigenvalue weighted by Crippen LogP contribution is -2.32. The average Bonchev–Trinajstić information content (AvgIpc) is 3.10. The fourth-order valence-corrected chi connectivity index (χ4v) is 3.42. The summed E-state index contributed by atoms with van der Waals surface area (Å²) in [7, 11) is 0. The quantitative estimate of drug-likeness (QED) is 0.690. The molecule has 1 unspecified atom stereocenters. The van der Waals surface area contributed by atoms with E-state index >= 15 is 0 Å². The number of rotatable bonds is 6. The average molecular weight is 397 g/mol. The molecule has 0 radical (unpaired) electrons. The molecule has 0 aliphatic carbocycles. The number of hydrogen-bond donors (Lipinski definition) is 1. The highest BCUT2D eigenvalue weighted by Gasteiger charge is 2.19. The van der Waals surface area contributed by atoms with Gasteiger partial charge in [-0.05, 0) is 64.4 Å². The van der Waals surface area contributed by atoms with Crippen molar-refractivity contribution in [1.29, 1.82) is 0 Å². The molecule has 1 aromatic carbocycles. The fourth-order valence-electron chi connectivity index (χ4n) is 3.42. The van der Waals surface area contributed by atoms with Gasteiger partial charge in [0, 0.05) is 23.5 Å². The predicted octanol–water partition coefficient (Wildman–Crippen LogP) is 3.70. The molecule has 0 fully saturated rings. The minimum atomic E-state index is -0.283. The Morgan fingerprint density at radius 3 is 2.28 bits per heavy atom. The van der Waals surface area contributed by atoms with Crippen molar-refractivity contribution < 1.29 is 9.18 Å². The van der Waals surface area contributed by atoms with Gasteiger partial charge in [0.15, 0.2) is 0 Å². The lowest BCUT2D eigenvalue weighted by atomic mass is 10.1. The minimum absolute atomic E-state index is 0.0245. The summed E-state index contributed by atoms with van der Waals surface area (Å²) in [5, 5.41) is 12.1. The van der Waals surface area contributed by atoms with Crippen LogP contribution >= 0.6 is 0 Å². The van der Waals surface area contributed by atoms with Crippen LogP contribution in [0.4, 0.5) is 4.39 Å². The number of nitrogens with one attached hydrogen (secondary N) is 1. The van der Waals surface area contributed by atoms with Crippen LogP contribution in [-0.2, 0) is 17.9 Å². The maximum Gasteiger partial charge on any atom is 0.224 e. The second-order valence-corrected chi connectivity index (χ2v) is 7.63. The number of halogens is 1. The zero-order valence-electron chi connectivity index (χ0n) is 17.9. The molecule has 3 rings (SSSR count). The van der Waals surface area contributed by atoms with Gasteiger partial charge in [0.1, 0.15) is 5.82 Å². The number of nitrogens with zero attached hydrogens (tertiary/aromatic N) is 4. The molecule has 0 saturated heterocycles. The molecule has 0 bridgehead atoms. The summed E-state index contributed by atoms with van der Waals surface area (Å²) in [6.45, 7) is 12.8. The molecule has 1 atom stereocenters. The smallest absolute Gasteiger partial charge is 0.224 e. The van der Waals surface area contributed by atoms with Gasteiger partial charge in [-0.3, -0.25) is 9.48 Å². The van der Waals surface area contributed by atoms with Gasteiger partial charge in [-0.1, -0.05) is 6.92 Å². The second kappa shape index (κ2) is 8.19. The van der Waals surface area contributed by atoms with E-state index in [2.05, 4.69) is 15.5 Å². The summed E-state index contributed by atoms with van der Waals surface area (Å²) in [6, 6.07) is 6.20. The number of aryl methyl sites for hydroxylation is 2. The molecule has 3 aromatic rings. The van der Waals surface area contributed by atoms with Gasteiger partial charge in [-0.2, -0.15) is 10.2 Å². The van der Waals surface area contributed by atoms with Crippen LogP contribution in [0.25, 0.3) is 5.69 Å². The number of amides is 1. The summed E-state index contributed by atoms with van der Waals surface area (Å²) in [4.78, 5) is 12.6. The summed E-state index contributed by atoms with van der Waals surface area (Å²) in [6.07, 6.45) is 0. The summed E-state index contributed by atoms with van der Waals surface area (Å²) >= 11 is 0. The highest BCUT2D eigenvalue weighted by molar-refractivity contribution is 5.78. The van der Waals surface area contributed by atoms with Crippen LogP contribution in [0, 0.1) is 46.4 Å². The van der Waals surface area contributed by atoms with Gasteiger partial charge in [-0.25, -0.2) is 9.07 Å². The van der Waals surface area contributed by atoms with Gasteiger partial charge >= 0.3 is 0 Å². The van der Waals surface area contributed by atoms with Gasteiger partial charge in [0.25, 0.3) is 0 Å². The molecule has 0 saturated carbocycles.